The molecule has 2 rings (SSSR count). The number of piperidine rings is 1. The van der Waals surface area contributed by atoms with Gasteiger partial charge in [0.15, 0.2) is 0 Å². The molecule has 1 fully saturated rings. The van der Waals surface area contributed by atoms with E-state index in [1.807, 2.05) is 0 Å². The molecule has 98 valence electrons. The third-order valence-electron chi connectivity index (χ3n) is 3.44. The Balaban J connectivity index is 2.23. The number of carbonyl (C=O) groups excluding carboxylic acids is 1. The Morgan fingerprint density at radius 1 is 1.28 bits per heavy atom. The van der Waals surface area contributed by atoms with E-state index in [9.17, 15) is 9.59 Å². The molecule has 0 saturated carbocycles. The first-order valence-corrected chi connectivity index (χ1v) is 6.46. The summed E-state index contributed by atoms with van der Waals surface area (Å²) in [5, 5.41) is 0. The van der Waals surface area contributed by atoms with Gasteiger partial charge in [-0.05, 0) is 37.3 Å². The first-order chi connectivity index (χ1) is 8.47. The minimum Gasteiger partial charge on any atom is -0.338 e. The van der Waals surface area contributed by atoms with Gasteiger partial charge in [-0.3, -0.25) is 9.59 Å². The zero-order valence-electron chi connectivity index (χ0n) is 11.2. The standard InChI is InChI=1S/C14H20N2O2/c1-9-6-10(2)8-16(7-9)14(18)12-5-4-11(3)15-13(12)17/h4-5,9-10H,6-8H2,1-3H3,(H,15,17)/t9-,10+. The second kappa shape index (κ2) is 4.96. The Morgan fingerprint density at radius 3 is 2.44 bits per heavy atom. The molecule has 0 radical (unpaired) electrons. The fourth-order valence-electron chi connectivity index (χ4n) is 2.74. The fraction of sp³-hybridized carbons (Fsp3) is 0.571. The maximum atomic E-state index is 12.3. The summed E-state index contributed by atoms with van der Waals surface area (Å²) in [5.74, 6) is 0.860. The molecule has 4 nitrogen and oxygen atoms in total. The van der Waals surface area contributed by atoms with Crippen LogP contribution in [-0.2, 0) is 0 Å². The number of pyridine rings is 1. The van der Waals surface area contributed by atoms with Crippen LogP contribution in [0.15, 0.2) is 16.9 Å². The molecule has 1 N–H and O–H groups in total. The van der Waals surface area contributed by atoms with Crippen molar-refractivity contribution in [1.82, 2.24) is 9.88 Å². The summed E-state index contributed by atoms with van der Waals surface area (Å²) >= 11 is 0. The number of amides is 1. The summed E-state index contributed by atoms with van der Waals surface area (Å²) in [5.41, 5.74) is 0.740. The number of aromatic amines is 1. The molecule has 0 aliphatic carbocycles. The van der Waals surface area contributed by atoms with E-state index in [1.165, 1.54) is 0 Å². The number of likely N-dealkylation sites (tertiary alicyclic amines) is 1. The van der Waals surface area contributed by atoms with Crippen LogP contribution in [0.2, 0.25) is 0 Å². The summed E-state index contributed by atoms with van der Waals surface area (Å²) in [6.45, 7) is 7.60. The highest BCUT2D eigenvalue weighted by Crippen LogP contribution is 2.21. The summed E-state index contributed by atoms with van der Waals surface area (Å²) in [6.07, 6.45) is 1.15. The molecular formula is C14H20N2O2. The topological polar surface area (TPSA) is 53.2 Å². The largest absolute Gasteiger partial charge is 0.338 e. The molecule has 0 bridgehead atoms. The molecule has 1 aliphatic heterocycles. The van der Waals surface area contributed by atoms with Gasteiger partial charge in [-0.1, -0.05) is 13.8 Å². The minimum absolute atomic E-state index is 0.144. The monoisotopic (exact) mass is 248 g/mol. The van der Waals surface area contributed by atoms with Crippen LogP contribution >= 0.6 is 0 Å². The predicted molar refractivity (Wildman–Crippen MR) is 70.6 cm³/mol. The van der Waals surface area contributed by atoms with Crippen molar-refractivity contribution < 1.29 is 4.79 Å². The van der Waals surface area contributed by atoms with Crippen molar-refractivity contribution in [3.8, 4) is 0 Å². The van der Waals surface area contributed by atoms with E-state index in [2.05, 4.69) is 18.8 Å². The van der Waals surface area contributed by atoms with Crippen LogP contribution in [0.4, 0.5) is 0 Å². The van der Waals surface area contributed by atoms with Crippen molar-refractivity contribution in [3.63, 3.8) is 0 Å². The number of carbonyl (C=O) groups is 1. The number of hydrogen-bond acceptors (Lipinski definition) is 2. The number of nitrogens with zero attached hydrogens (tertiary/aromatic N) is 1. The van der Waals surface area contributed by atoms with Crippen molar-refractivity contribution in [2.24, 2.45) is 11.8 Å². The van der Waals surface area contributed by atoms with Crippen LogP contribution in [0.3, 0.4) is 0 Å². The van der Waals surface area contributed by atoms with Gasteiger partial charge in [0.2, 0.25) is 0 Å². The van der Waals surface area contributed by atoms with Gasteiger partial charge in [-0.2, -0.15) is 0 Å². The fourth-order valence-corrected chi connectivity index (χ4v) is 2.74. The molecule has 1 saturated heterocycles. The Kier molecular flexibility index (Phi) is 3.55. The molecule has 0 spiro atoms. The molecule has 2 atom stereocenters. The van der Waals surface area contributed by atoms with Gasteiger partial charge in [-0.15, -0.1) is 0 Å². The lowest BCUT2D eigenvalue weighted by Gasteiger charge is -2.34. The van der Waals surface area contributed by atoms with Crippen LogP contribution in [0.25, 0.3) is 0 Å². The van der Waals surface area contributed by atoms with Crippen LogP contribution in [0.5, 0.6) is 0 Å². The summed E-state index contributed by atoms with van der Waals surface area (Å²) < 4.78 is 0. The molecule has 1 aromatic rings. The first kappa shape index (κ1) is 12.9. The Morgan fingerprint density at radius 2 is 1.89 bits per heavy atom. The van der Waals surface area contributed by atoms with E-state index in [0.717, 1.165) is 25.2 Å². The Labute approximate surface area is 107 Å². The second-order valence-electron chi connectivity index (χ2n) is 5.54. The van der Waals surface area contributed by atoms with E-state index in [0.29, 0.717) is 11.8 Å². The lowest BCUT2D eigenvalue weighted by Crippen LogP contribution is -2.44. The van der Waals surface area contributed by atoms with E-state index in [1.54, 1.807) is 24.0 Å². The van der Waals surface area contributed by atoms with Crippen molar-refractivity contribution in [2.75, 3.05) is 13.1 Å². The number of hydrogen-bond donors (Lipinski definition) is 1. The summed E-state index contributed by atoms with van der Waals surface area (Å²) in [6, 6.07) is 3.39. The first-order valence-electron chi connectivity index (χ1n) is 6.46. The van der Waals surface area contributed by atoms with E-state index in [-0.39, 0.29) is 17.0 Å². The van der Waals surface area contributed by atoms with Crippen molar-refractivity contribution >= 4 is 5.91 Å². The highest BCUT2D eigenvalue weighted by Gasteiger charge is 2.27. The summed E-state index contributed by atoms with van der Waals surface area (Å²) in [4.78, 5) is 28.6. The number of aromatic nitrogens is 1. The maximum Gasteiger partial charge on any atom is 0.260 e. The third-order valence-corrected chi connectivity index (χ3v) is 3.44. The van der Waals surface area contributed by atoms with Gasteiger partial charge >= 0.3 is 0 Å². The molecule has 18 heavy (non-hydrogen) atoms. The lowest BCUT2D eigenvalue weighted by molar-refractivity contribution is 0.0621. The van der Waals surface area contributed by atoms with Crippen LogP contribution in [0.1, 0.15) is 36.3 Å². The Bertz CT molecular complexity index is 497. The normalized spacial score (nSPS) is 24.1. The van der Waals surface area contributed by atoms with Gasteiger partial charge in [0.1, 0.15) is 5.56 Å². The van der Waals surface area contributed by atoms with Gasteiger partial charge < -0.3 is 9.88 Å². The van der Waals surface area contributed by atoms with Crippen molar-refractivity contribution in [1.29, 1.82) is 0 Å². The average molecular weight is 248 g/mol. The molecule has 1 aliphatic rings. The molecule has 4 heteroatoms. The van der Waals surface area contributed by atoms with Crippen molar-refractivity contribution in [2.45, 2.75) is 27.2 Å². The van der Waals surface area contributed by atoms with E-state index in [4.69, 9.17) is 0 Å². The second-order valence-corrected chi connectivity index (χ2v) is 5.54. The van der Waals surface area contributed by atoms with Crippen LogP contribution in [0, 0.1) is 18.8 Å². The number of H-pyrrole nitrogens is 1. The molecule has 0 aromatic carbocycles. The van der Waals surface area contributed by atoms with E-state index < -0.39 is 0 Å². The predicted octanol–water partition coefficient (Wildman–Crippen LogP) is 1.80. The highest BCUT2D eigenvalue weighted by molar-refractivity contribution is 5.93. The average Bonchev–Trinajstić information content (AvgIpc) is 2.26. The van der Waals surface area contributed by atoms with Gasteiger partial charge in [0, 0.05) is 18.8 Å². The lowest BCUT2D eigenvalue weighted by atomic mass is 9.91. The minimum atomic E-state index is -0.286. The highest BCUT2D eigenvalue weighted by atomic mass is 16.2. The number of nitrogens with one attached hydrogen (secondary N) is 1. The van der Waals surface area contributed by atoms with Crippen molar-refractivity contribution in [3.05, 3.63) is 33.7 Å². The van der Waals surface area contributed by atoms with Gasteiger partial charge in [0.05, 0.1) is 0 Å². The molecule has 2 heterocycles. The van der Waals surface area contributed by atoms with Gasteiger partial charge in [-0.25, -0.2) is 0 Å². The SMILES string of the molecule is Cc1ccc(C(=O)N2C[C@H](C)C[C@H](C)C2)c(=O)[nH]1. The van der Waals surface area contributed by atoms with Crippen LogP contribution in [-0.4, -0.2) is 28.9 Å². The van der Waals surface area contributed by atoms with Gasteiger partial charge in [0.25, 0.3) is 11.5 Å². The zero-order chi connectivity index (χ0) is 13.3. The molecule has 1 amide bonds. The zero-order valence-corrected chi connectivity index (χ0v) is 11.2. The summed E-state index contributed by atoms with van der Waals surface area (Å²) in [7, 11) is 0. The Hall–Kier alpha value is -1.58. The van der Waals surface area contributed by atoms with Crippen LogP contribution < -0.4 is 5.56 Å². The molecule has 0 unspecified atom stereocenters. The maximum absolute atomic E-state index is 12.3. The number of aryl methyl sites for hydroxylation is 1. The molecular weight excluding hydrogens is 228 g/mol. The molecule has 1 aromatic heterocycles. The quantitative estimate of drug-likeness (QED) is 0.824. The number of rotatable bonds is 1. The van der Waals surface area contributed by atoms with E-state index >= 15 is 0 Å². The third kappa shape index (κ3) is 2.63. The smallest absolute Gasteiger partial charge is 0.260 e.